The highest BCUT2D eigenvalue weighted by molar-refractivity contribution is 7.98. The van der Waals surface area contributed by atoms with E-state index in [-0.39, 0.29) is 6.42 Å². The summed E-state index contributed by atoms with van der Waals surface area (Å²) in [6, 6.07) is 4.58. The van der Waals surface area contributed by atoms with Gasteiger partial charge >= 0.3 is 5.97 Å². The van der Waals surface area contributed by atoms with Crippen LogP contribution < -0.4 is 5.73 Å². The lowest BCUT2D eigenvalue weighted by molar-refractivity contribution is -0.138. The zero-order valence-corrected chi connectivity index (χ0v) is 9.81. The highest BCUT2D eigenvalue weighted by Gasteiger charge is 2.16. The summed E-state index contributed by atoms with van der Waals surface area (Å²) in [7, 11) is 0. The Kier molecular flexibility index (Phi) is 4.45. The Morgan fingerprint density at radius 3 is 2.87 bits per heavy atom. The van der Waals surface area contributed by atoms with E-state index in [1.807, 2.05) is 18.4 Å². The van der Waals surface area contributed by atoms with Gasteiger partial charge in [-0.2, -0.15) is 0 Å². The van der Waals surface area contributed by atoms with Crippen molar-refractivity contribution in [1.82, 2.24) is 0 Å². The molecule has 82 valence electrons. The monoisotopic (exact) mass is 245 g/mol. The fourth-order valence-corrected chi connectivity index (χ4v) is 2.20. The molecule has 0 heterocycles. The Labute approximate surface area is 97.6 Å². The van der Waals surface area contributed by atoms with Crippen molar-refractivity contribution in [1.29, 1.82) is 0 Å². The van der Waals surface area contributed by atoms with E-state index in [1.54, 1.807) is 6.07 Å². The molecule has 0 amide bonds. The van der Waals surface area contributed by atoms with Gasteiger partial charge < -0.3 is 10.8 Å². The first-order valence-electron chi connectivity index (χ1n) is 4.36. The van der Waals surface area contributed by atoms with Crippen molar-refractivity contribution in [3.8, 4) is 0 Å². The second-order valence-corrected chi connectivity index (χ2v) is 4.32. The Morgan fingerprint density at radius 2 is 2.33 bits per heavy atom. The molecule has 1 unspecified atom stereocenters. The van der Waals surface area contributed by atoms with Crippen molar-refractivity contribution in [2.45, 2.75) is 17.4 Å². The predicted molar refractivity (Wildman–Crippen MR) is 62.5 cm³/mol. The number of carbonyl (C=O) groups is 1. The van der Waals surface area contributed by atoms with Crippen LogP contribution >= 0.6 is 23.4 Å². The molecule has 0 saturated carbocycles. The second kappa shape index (κ2) is 5.39. The standard InChI is InChI=1S/C10H12ClNO2S/c1-15-9-4-2-3-7(11)6(9)5-8(12)10(13)14/h2-4,8H,5,12H2,1H3,(H,13,14). The maximum absolute atomic E-state index is 10.6. The van der Waals surface area contributed by atoms with Gasteiger partial charge in [0.2, 0.25) is 0 Å². The third-order valence-corrected chi connectivity index (χ3v) is 3.21. The van der Waals surface area contributed by atoms with Crippen LogP contribution in [-0.2, 0) is 11.2 Å². The molecular weight excluding hydrogens is 234 g/mol. The average molecular weight is 246 g/mol. The first-order chi connectivity index (χ1) is 7.06. The molecule has 0 radical (unpaired) electrons. The van der Waals surface area contributed by atoms with Gasteiger partial charge in [-0.05, 0) is 24.0 Å². The van der Waals surface area contributed by atoms with Crippen LogP contribution in [0.5, 0.6) is 0 Å². The maximum Gasteiger partial charge on any atom is 0.320 e. The topological polar surface area (TPSA) is 63.3 Å². The van der Waals surface area contributed by atoms with Crippen molar-refractivity contribution in [3.63, 3.8) is 0 Å². The molecule has 15 heavy (non-hydrogen) atoms. The zero-order valence-electron chi connectivity index (χ0n) is 8.24. The van der Waals surface area contributed by atoms with Crippen LogP contribution in [0.3, 0.4) is 0 Å². The molecule has 0 aliphatic rings. The Morgan fingerprint density at radius 1 is 1.67 bits per heavy atom. The van der Waals surface area contributed by atoms with E-state index in [0.717, 1.165) is 10.5 Å². The van der Waals surface area contributed by atoms with Gasteiger partial charge in [0.05, 0.1) is 0 Å². The number of benzene rings is 1. The first kappa shape index (κ1) is 12.4. The van der Waals surface area contributed by atoms with Crippen LogP contribution in [0, 0.1) is 0 Å². The molecule has 3 nitrogen and oxygen atoms in total. The summed E-state index contributed by atoms with van der Waals surface area (Å²) in [5, 5.41) is 9.29. The van der Waals surface area contributed by atoms with Crippen LogP contribution in [0.15, 0.2) is 23.1 Å². The lowest BCUT2D eigenvalue weighted by Gasteiger charge is -2.11. The molecule has 1 atom stereocenters. The number of thioether (sulfide) groups is 1. The van der Waals surface area contributed by atoms with E-state index in [9.17, 15) is 4.79 Å². The summed E-state index contributed by atoms with van der Waals surface area (Å²) in [4.78, 5) is 11.6. The normalized spacial score (nSPS) is 12.5. The highest BCUT2D eigenvalue weighted by atomic mass is 35.5. The zero-order chi connectivity index (χ0) is 11.4. The van der Waals surface area contributed by atoms with Crippen molar-refractivity contribution in [2.75, 3.05) is 6.26 Å². The fraction of sp³-hybridized carbons (Fsp3) is 0.300. The SMILES string of the molecule is CSc1cccc(Cl)c1CC(N)C(=O)O. The van der Waals surface area contributed by atoms with E-state index >= 15 is 0 Å². The van der Waals surface area contributed by atoms with Crippen LogP contribution in [0.4, 0.5) is 0 Å². The summed E-state index contributed by atoms with van der Waals surface area (Å²) < 4.78 is 0. The summed E-state index contributed by atoms with van der Waals surface area (Å²) >= 11 is 7.53. The van der Waals surface area contributed by atoms with E-state index in [4.69, 9.17) is 22.4 Å². The smallest absolute Gasteiger partial charge is 0.320 e. The lowest BCUT2D eigenvalue weighted by Crippen LogP contribution is -2.32. The minimum absolute atomic E-state index is 0.255. The fourth-order valence-electron chi connectivity index (χ4n) is 1.24. The third-order valence-electron chi connectivity index (χ3n) is 2.04. The van der Waals surface area contributed by atoms with Gasteiger partial charge in [0.15, 0.2) is 0 Å². The van der Waals surface area contributed by atoms with Gasteiger partial charge in [-0.3, -0.25) is 4.79 Å². The van der Waals surface area contributed by atoms with E-state index in [0.29, 0.717) is 5.02 Å². The van der Waals surface area contributed by atoms with E-state index in [1.165, 1.54) is 11.8 Å². The summed E-state index contributed by atoms with van der Waals surface area (Å²) in [6.07, 6.45) is 2.17. The largest absolute Gasteiger partial charge is 0.480 e. The van der Waals surface area contributed by atoms with Crippen LogP contribution in [0.1, 0.15) is 5.56 Å². The van der Waals surface area contributed by atoms with Crippen LogP contribution in [-0.4, -0.2) is 23.4 Å². The summed E-state index contributed by atoms with van der Waals surface area (Å²) in [5.41, 5.74) is 6.28. The molecule has 0 saturated heterocycles. The molecule has 1 rings (SSSR count). The molecule has 0 aromatic heterocycles. The highest BCUT2D eigenvalue weighted by Crippen LogP contribution is 2.27. The number of aliphatic carboxylic acids is 1. The van der Waals surface area contributed by atoms with Gasteiger partial charge in [-0.1, -0.05) is 17.7 Å². The minimum atomic E-state index is -1.01. The van der Waals surface area contributed by atoms with Gasteiger partial charge in [0.25, 0.3) is 0 Å². The number of hydrogen-bond acceptors (Lipinski definition) is 3. The van der Waals surface area contributed by atoms with Crippen molar-refractivity contribution in [3.05, 3.63) is 28.8 Å². The average Bonchev–Trinajstić information content (AvgIpc) is 2.20. The summed E-state index contributed by atoms with van der Waals surface area (Å²) in [6.45, 7) is 0. The van der Waals surface area contributed by atoms with Crippen molar-refractivity contribution in [2.24, 2.45) is 5.73 Å². The number of nitrogens with two attached hydrogens (primary N) is 1. The molecule has 0 fully saturated rings. The van der Waals surface area contributed by atoms with Crippen LogP contribution in [0.2, 0.25) is 5.02 Å². The van der Waals surface area contributed by atoms with E-state index < -0.39 is 12.0 Å². The van der Waals surface area contributed by atoms with Crippen molar-refractivity contribution < 1.29 is 9.90 Å². The first-order valence-corrected chi connectivity index (χ1v) is 5.96. The molecule has 0 aliphatic carbocycles. The molecule has 1 aromatic rings. The molecule has 1 aromatic carbocycles. The molecule has 5 heteroatoms. The predicted octanol–water partition coefficient (Wildman–Crippen LogP) is 2.02. The van der Waals surface area contributed by atoms with Crippen LogP contribution in [0.25, 0.3) is 0 Å². The summed E-state index contributed by atoms with van der Waals surface area (Å²) in [5.74, 6) is -1.01. The molecular formula is C10H12ClNO2S. The molecule has 3 N–H and O–H groups in total. The molecule has 0 spiro atoms. The lowest BCUT2D eigenvalue weighted by atomic mass is 10.1. The molecule has 0 bridgehead atoms. The number of carboxylic acids is 1. The molecule has 0 aliphatic heterocycles. The third kappa shape index (κ3) is 3.12. The second-order valence-electron chi connectivity index (χ2n) is 3.07. The van der Waals surface area contributed by atoms with Gasteiger partial charge in [-0.25, -0.2) is 0 Å². The Hall–Kier alpha value is -0.710. The Bertz CT molecular complexity index is 370. The Balaban J connectivity index is 2.97. The number of rotatable bonds is 4. The minimum Gasteiger partial charge on any atom is -0.480 e. The van der Waals surface area contributed by atoms with Gasteiger partial charge in [-0.15, -0.1) is 11.8 Å². The van der Waals surface area contributed by atoms with Crippen molar-refractivity contribution >= 4 is 29.3 Å². The number of hydrogen-bond donors (Lipinski definition) is 2. The van der Waals surface area contributed by atoms with E-state index in [2.05, 4.69) is 0 Å². The number of halogens is 1. The van der Waals surface area contributed by atoms with Gasteiger partial charge in [0, 0.05) is 16.3 Å². The number of carboxylic acid groups (broad SMARTS) is 1. The quantitative estimate of drug-likeness (QED) is 0.797. The van der Waals surface area contributed by atoms with Gasteiger partial charge in [0.1, 0.15) is 6.04 Å². The maximum atomic E-state index is 10.6.